The van der Waals surface area contributed by atoms with E-state index < -0.39 is 6.10 Å². The lowest BCUT2D eigenvalue weighted by atomic mass is 10.0. The zero-order valence-corrected chi connectivity index (χ0v) is 36.3. The fraction of sp³-hybridized carbons (Fsp3) is 0.896. The smallest absolute Gasteiger partial charge is 0.306 e. The summed E-state index contributed by atoms with van der Waals surface area (Å²) < 4.78 is 16.7. The van der Waals surface area contributed by atoms with Gasteiger partial charge >= 0.3 is 17.9 Å². The number of allylic oxidation sites excluding steroid dienone is 2. The van der Waals surface area contributed by atoms with Gasteiger partial charge in [0.15, 0.2) is 6.10 Å². The van der Waals surface area contributed by atoms with Gasteiger partial charge in [-0.15, -0.1) is 0 Å². The molecule has 0 aromatic heterocycles. The summed E-state index contributed by atoms with van der Waals surface area (Å²) in [5.41, 5.74) is 0. The Morgan fingerprint density at radius 1 is 0.352 bits per heavy atom. The molecule has 0 aromatic rings. The van der Waals surface area contributed by atoms with Gasteiger partial charge in [-0.05, 0) is 44.9 Å². The van der Waals surface area contributed by atoms with Crippen LogP contribution in [0.5, 0.6) is 0 Å². The maximum Gasteiger partial charge on any atom is 0.306 e. The van der Waals surface area contributed by atoms with E-state index in [2.05, 4.69) is 32.9 Å². The number of hydrogen-bond acceptors (Lipinski definition) is 6. The molecule has 0 radical (unpaired) electrons. The molecule has 1 unspecified atom stereocenters. The summed E-state index contributed by atoms with van der Waals surface area (Å²) in [5.74, 6) is -0.880. The Morgan fingerprint density at radius 2 is 0.611 bits per heavy atom. The number of carbonyl (C=O) groups is 3. The first-order valence-corrected chi connectivity index (χ1v) is 23.7. The van der Waals surface area contributed by atoms with Gasteiger partial charge in [-0.1, -0.05) is 206 Å². The van der Waals surface area contributed by atoms with Gasteiger partial charge < -0.3 is 14.2 Å². The highest BCUT2D eigenvalue weighted by Crippen LogP contribution is 2.15. The monoisotopic (exact) mass is 763 g/mol. The van der Waals surface area contributed by atoms with Crippen molar-refractivity contribution in [2.24, 2.45) is 0 Å². The SMILES string of the molecule is CCCCCCCC/C=C\CCCCCC(=O)OC(COC(=O)CCCCCCCCCCC)COC(=O)CCCCCCCCCCCCCCCC. The Bertz CT molecular complexity index is 839. The zero-order valence-electron chi connectivity index (χ0n) is 36.3. The van der Waals surface area contributed by atoms with Gasteiger partial charge in [0.1, 0.15) is 13.2 Å². The zero-order chi connectivity index (χ0) is 39.4. The highest BCUT2D eigenvalue weighted by Gasteiger charge is 2.19. The van der Waals surface area contributed by atoms with Crippen molar-refractivity contribution in [3.05, 3.63) is 12.2 Å². The van der Waals surface area contributed by atoms with E-state index in [1.54, 1.807) is 0 Å². The molecule has 6 heteroatoms. The van der Waals surface area contributed by atoms with Crippen molar-refractivity contribution in [3.63, 3.8) is 0 Å². The summed E-state index contributed by atoms with van der Waals surface area (Å²) in [5, 5.41) is 0. The van der Waals surface area contributed by atoms with Crippen LogP contribution in [0.1, 0.15) is 258 Å². The van der Waals surface area contributed by atoms with Crippen LogP contribution in [-0.4, -0.2) is 37.2 Å². The third-order valence-corrected chi connectivity index (χ3v) is 10.5. The summed E-state index contributed by atoms with van der Waals surface area (Å²) in [6.45, 7) is 6.61. The minimum atomic E-state index is -0.769. The molecule has 0 amide bonds. The lowest BCUT2D eigenvalue weighted by Crippen LogP contribution is -2.30. The first-order chi connectivity index (χ1) is 26.5. The van der Waals surface area contributed by atoms with E-state index in [1.807, 2.05) is 0 Å². The second-order valence-electron chi connectivity index (χ2n) is 16.0. The van der Waals surface area contributed by atoms with E-state index in [1.165, 1.54) is 148 Å². The third-order valence-electron chi connectivity index (χ3n) is 10.5. The number of hydrogen-bond donors (Lipinski definition) is 0. The number of rotatable bonds is 43. The highest BCUT2D eigenvalue weighted by atomic mass is 16.6. The number of carbonyl (C=O) groups excluding carboxylic acids is 3. The fourth-order valence-corrected chi connectivity index (χ4v) is 6.91. The molecule has 0 spiro atoms. The molecule has 318 valence electrons. The lowest BCUT2D eigenvalue weighted by Gasteiger charge is -2.18. The Labute approximate surface area is 335 Å². The van der Waals surface area contributed by atoms with E-state index >= 15 is 0 Å². The molecule has 0 heterocycles. The molecule has 0 rings (SSSR count). The standard InChI is InChI=1S/C48H90O6/c1-4-7-10-13-16-19-21-23-25-26-29-32-35-38-41-47(50)53-44-45(43-52-46(49)40-37-34-31-28-18-15-12-9-6-3)54-48(51)42-39-36-33-30-27-24-22-20-17-14-11-8-5-2/h24,27,45H,4-23,25-26,28-44H2,1-3H3/b27-24-. The van der Waals surface area contributed by atoms with Crippen molar-refractivity contribution in [1.29, 1.82) is 0 Å². The van der Waals surface area contributed by atoms with Crippen LogP contribution in [-0.2, 0) is 28.6 Å². The van der Waals surface area contributed by atoms with Gasteiger partial charge in [-0.3, -0.25) is 14.4 Å². The number of unbranched alkanes of at least 4 members (excludes halogenated alkanes) is 30. The highest BCUT2D eigenvalue weighted by molar-refractivity contribution is 5.71. The molecule has 0 fully saturated rings. The van der Waals surface area contributed by atoms with Crippen LogP contribution in [0, 0.1) is 0 Å². The lowest BCUT2D eigenvalue weighted by molar-refractivity contribution is -0.167. The molecule has 0 N–H and O–H groups in total. The second-order valence-corrected chi connectivity index (χ2v) is 16.0. The van der Waals surface area contributed by atoms with Crippen LogP contribution < -0.4 is 0 Å². The minimum absolute atomic E-state index is 0.0715. The predicted octanol–water partition coefficient (Wildman–Crippen LogP) is 15.0. The molecule has 1 atom stereocenters. The molecule has 0 bridgehead atoms. The van der Waals surface area contributed by atoms with Crippen LogP contribution in [0.15, 0.2) is 12.2 Å². The van der Waals surface area contributed by atoms with Crippen LogP contribution in [0.2, 0.25) is 0 Å². The van der Waals surface area contributed by atoms with Crippen molar-refractivity contribution in [2.75, 3.05) is 13.2 Å². The van der Waals surface area contributed by atoms with Gasteiger partial charge in [0, 0.05) is 19.3 Å². The van der Waals surface area contributed by atoms with Crippen LogP contribution in [0.3, 0.4) is 0 Å². The number of ether oxygens (including phenoxy) is 3. The molecule has 54 heavy (non-hydrogen) atoms. The third kappa shape index (κ3) is 41.3. The molecule has 0 saturated carbocycles. The van der Waals surface area contributed by atoms with Crippen molar-refractivity contribution < 1.29 is 28.6 Å². The normalized spacial score (nSPS) is 12.0. The van der Waals surface area contributed by atoms with Crippen molar-refractivity contribution in [2.45, 2.75) is 264 Å². The van der Waals surface area contributed by atoms with Gasteiger partial charge in [-0.25, -0.2) is 0 Å². The van der Waals surface area contributed by atoms with Crippen LogP contribution >= 0.6 is 0 Å². The Morgan fingerprint density at radius 3 is 0.944 bits per heavy atom. The van der Waals surface area contributed by atoms with Crippen LogP contribution in [0.4, 0.5) is 0 Å². The van der Waals surface area contributed by atoms with Gasteiger partial charge in [0.05, 0.1) is 0 Å². The topological polar surface area (TPSA) is 78.9 Å². The molecule has 0 saturated heterocycles. The molecule has 0 aliphatic rings. The molecule has 0 aromatic carbocycles. The van der Waals surface area contributed by atoms with Gasteiger partial charge in [-0.2, -0.15) is 0 Å². The van der Waals surface area contributed by atoms with Crippen molar-refractivity contribution in [3.8, 4) is 0 Å². The average Bonchev–Trinajstić information content (AvgIpc) is 3.17. The molecule has 0 aliphatic carbocycles. The van der Waals surface area contributed by atoms with Gasteiger partial charge in [0.2, 0.25) is 0 Å². The first kappa shape index (κ1) is 52.2. The van der Waals surface area contributed by atoms with Crippen molar-refractivity contribution in [1.82, 2.24) is 0 Å². The maximum atomic E-state index is 12.7. The van der Waals surface area contributed by atoms with Crippen LogP contribution in [0.25, 0.3) is 0 Å². The molecular formula is C48H90O6. The summed E-state index contributed by atoms with van der Waals surface area (Å²) in [6.07, 6.45) is 46.2. The summed E-state index contributed by atoms with van der Waals surface area (Å²) >= 11 is 0. The van der Waals surface area contributed by atoms with Gasteiger partial charge in [0.25, 0.3) is 0 Å². The number of esters is 3. The largest absolute Gasteiger partial charge is 0.462 e. The van der Waals surface area contributed by atoms with Crippen molar-refractivity contribution >= 4 is 17.9 Å². The minimum Gasteiger partial charge on any atom is -0.462 e. The second kappa shape index (κ2) is 43.9. The quantitative estimate of drug-likeness (QED) is 0.0266. The fourth-order valence-electron chi connectivity index (χ4n) is 6.91. The molecule has 0 aliphatic heterocycles. The van der Waals surface area contributed by atoms with E-state index in [9.17, 15) is 14.4 Å². The average molecular weight is 763 g/mol. The Kier molecular flexibility index (Phi) is 42.4. The molecular weight excluding hydrogens is 673 g/mol. The van der Waals surface area contributed by atoms with E-state index in [0.717, 1.165) is 70.6 Å². The predicted molar refractivity (Wildman–Crippen MR) is 229 cm³/mol. The first-order valence-electron chi connectivity index (χ1n) is 23.7. The summed E-state index contributed by atoms with van der Waals surface area (Å²) in [6, 6.07) is 0. The summed E-state index contributed by atoms with van der Waals surface area (Å²) in [4.78, 5) is 37.7. The maximum absolute atomic E-state index is 12.7. The Balaban J connectivity index is 4.33. The van der Waals surface area contributed by atoms with E-state index in [-0.39, 0.29) is 31.1 Å². The molecule has 6 nitrogen and oxygen atoms in total. The van der Waals surface area contributed by atoms with E-state index in [4.69, 9.17) is 14.2 Å². The van der Waals surface area contributed by atoms with E-state index in [0.29, 0.717) is 19.3 Å². The summed E-state index contributed by atoms with van der Waals surface area (Å²) in [7, 11) is 0. The Hall–Kier alpha value is -1.85.